The highest BCUT2D eigenvalue weighted by Crippen LogP contribution is 2.34. The molecule has 0 aromatic rings. The largest absolute Gasteiger partial charge is 0.385 e. The first kappa shape index (κ1) is 15.0. The van der Waals surface area contributed by atoms with Crippen LogP contribution in [0, 0.1) is 11.8 Å². The lowest BCUT2D eigenvalue weighted by atomic mass is 9.87. The van der Waals surface area contributed by atoms with Crippen LogP contribution in [0.2, 0.25) is 0 Å². The van der Waals surface area contributed by atoms with Gasteiger partial charge in [-0.05, 0) is 32.1 Å². The van der Waals surface area contributed by atoms with E-state index in [2.05, 4.69) is 5.32 Å². The highest BCUT2D eigenvalue weighted by atomic mass is 16.5. The SMILES string of the molecule is COCCC(C)N1C(=O)NC(=O)C(C2CCCC2)C1=O. The third kappa shape index (κ3) is 2.85. The van der Waals surface area contributed by atoms with Crippen molar-refractivity contribution >= 4 is 17.8 Å². The first-order valence-electron chi connectivity index (χ1n) is 7.23. The highest BCUT2D eigenvalue weighted by molar-refractivity contribution is 6.16. The molecule has 1 saturated heterocycles. The van der Waals surface area contributed by atoms with E-state index in [0.717, 1.165) is 25.7 Å². The molecule has 6 nitrogen and oxygen atoms in total. The van der Waals surface area contributed by atoms with Crippen molar-refractivity contribution < 1.29 is 19.1 Å². The number of imide groups is 2. The van der Waals surface area contributed by atoms with Crippen LogP contribution in [0.1, 0.15) is 39.0 Å². The number of urea groups is 1. The average molecular weight is 282 g/mol. The van der Waals surface area contributed by atoms with Crippen molar-refractivity contribution in [2.75, 3.05) is 13.7 Å². The number of nitrogens with one attached hydrogen (secondary N) is 1. The topological polar surface area (TPSA) is 75.7 Å². The predicted molar refractivity (Wildman–Crippen MR) is 71.8 cm³/mol. The Labute approximate surface area is 118 Å². The maximum absolute atomic E-state index is 12.5. The third-order valence-corrected chi connectivity index (χ3v) is 4.29. The molecular weight excluding hydrogens is 260 g/mol. The van der Waals surface area contributed by atoms with Gasteiger partial charge >= 0.3 is 6.03 Å². The number of methoxy groups -OCH3 is 1. The fraction of sp³-hybridized carbons (Fsp3) is 0.786. The van der Waals surface area contributed by atoms with Crippen molar-refractivity contribution in [3.8, 4) is 0 Å². The standard InChI is InChI=1S/C14H22N2O4/c1-9(7-8-20-2)16-13(18)11(10-5-3-4-6-10)12(17)15-14(16)19/h9-11H,3-8H2,1-2H3,(H,15,17,19). The van der Waals surface area contributed by atoms with Gasteiger partial charge in [-0.3, -0.25) is 19.8 Å². The number of hydrogen-bond acceptors (Lipinski definition) is 4. The summed E-state index contributed by atoms with van der Waals surface area (Å²) in [6.07, 6.45) is 4.45. The number of carbonyl (C=O) groups is 3. The number of barbiturate groups is 1. The molecule has 0 spiro atoms. The van der Waals surface area contributed by atoms with Crippen LogP contribution in [-0.2, 0) is 14.3 Å². The van der Waals surface area contributed by atoms with Crippen LogP contribution < -0.4 is 5.32 Å². The Balaban J connectivity index is 2.13. The minimum atomic E-state index is -0.694. The van der Waals surface area contributed by atoms with E-state index in [0.29, 0.717) is 13.0 Å². The minimum Gasteiger partial charge on any atom is -0.385 e. The summed E-state index contributed by atoms with van der Waals surface area (Å²) in [6, 6.07) is -0.864. The third-order valence-electron chi connectivity index (χ3n) is 4.29. The van der Waals surface area contributed by atoms with Gasteiger partial charge in [0.05, 0.1) is 0 Å². The molecule has 112 valence electrons. The zero-order valence-corrected chi connectivity index (χ0v) is 12.1. The van der Waals surface area contributed by atoms with Gasteiger partial charge in [-0.15, -0.1) is 0 Å². The molecule has 2 rings (SSSR count). The Morgan fingerprint density at radius 2 is 1.95 bits per heavy atom. The van der Waals surface area contributed by atoms with Crippen LogP contribution in [-0.4, -0.2) is 42.5 Å². The van der Waals surface area contributed by atoms with E-state index in [-0.39, 0.29) is 17.9 Å². The predicted octanol–water partition coefficient (Wildman–Crippen LogP) is 1.30. The fourth-order valence-electron chi connectivity index (χ4n) is 3.15. The normalized spacial score (nSPS) is 26.0. The van der Waals surface area contributed by atoms with Crippen LogP contribution in [0.3, 0.4) is 0 Å². The second-order valence-corrected chi connectivity index (χ2v) is 5.66. The van der Waals surface area contributed by atoms with Gasteiger partial charge in [0.15, 0.2) is 0 Å². The fourth-order valence-corrected chi connectivity index (χ4v) is 3.15. The zero-order chi connectivity index (χ0) is 14.7. The van der Waals surface area contributed by atoms with Crippen molar-refractivity contribution in [2.24, 2.45) is 11.8 Å². The van der Waals surface area contributed by atoms with Gasteiger partial charge in [0.2, 0.25) is 11.8 Å². The molecule has 4 amide bonds. The molecule has 6 heteroatoms. The van der Waals surface area contributed by atoms with Crippen molar-refractivity contribution in [1.29, 1.82) is 0 Å². The van der Waals surface area contributed by atoms with E-state index in [1.165, 1.54) is 4.90 Å². The Bertz CT molecular complexity index is 404. The van der Waals surface area contributed by atoms with Gasteiger partial charge in [0, 0.05) is 19.8 Å². The van der Waals surface area contributed by atoms with Crippen LogP contribution in [0.25, 0.3) is 0 Å². The summed E-state index contributed by atoms with van der Waals surface area (Å²) in [6.45, 7) is 2.28. The lowest BCUT2D eigenvalue weighted by Gasteiger charge is -2.36. The zero-order valence-electron chi connectivity index (χ0n) is 12.1. The lowest BCUT2D eigenvalue weighted by Crippen LogP contribution is -2.61. The number of hydrogen-bond donors (Lipinski definition) is 1. The molecule has 1 heterocycles. The second kappa shape index (κ2) is 6.35. The van der Waals surface area contributed by atoms with Gasteiger partial charge in [0.1, 0.15) is 5.92 Å². The molecule has 1 aliphatic heterocycles. The maximum Gasteiger partial charge on any atom is 0.331 e. The Morgan fingerprint density at radius 1 is 1.30 bits per heavy atom. The molecular formula is C14H22N2O4. The number of nitrogens with zero attached hydrogens (tertiary/aromatic N) is 1. The second-order valence-electron chi connectivity index (χ2n) is 5.66. The molecule has 2 aliphatic rings. The van der Waals surface area contributed by atoms with E-state index in [4.69, 9.17) is 4.74 Å². The lowest BCUT2D eigenvalue weighted by molar-refractivity contribution is -0.146. The Hall–Kier alpha value is -1.43. The molecule has 2 atom stereocenters. The number of rotatable bonds is 5. The van der Waals surface area contributed by atoms with Gasteiger partial charge in [-0.25, -0.2) is 4.79 Å². The van der Waals surface area contributed by atoms with Gasteiger partial charge in [0.25, 0.3) is 0 Å². The molecule has 1 N–H and O–H groups in total. The van der Waals surface area contributed by atoms with Crippen LogP contribution in [0.4, 0.5) is 4.79 Å². The molecule has 0 radical (unpaired) electrons. The summed E-state index contributed by atoms with van der Waals surface area (Å²) in [5.41, 5.74) is 0. The van der Waals surface area contributed by atoms with Gasteiger partial charge < -0.3 is 4.74 Å². The quantitative estimate of drug-likeness (QED) is 0.771. The first-order chi connectivity index (χ1) is 9.56. The molecule has 2 fully saturated rings. The summed E-state index contributed by atoms with van der Waals surface area (Å²) >= 11 is 0. The highest BCUT2D eigenvalue weighted by Gasteiger charge is 2.46. The minimum absolute atomic E-state index is 0.0766. The molecule has 2 unspecified atom stereocenters. The van der Waals surface area contributed by atoms with E-state index in [1.54, 1.807) is 14.0 Å². The van der Waals surface area contributed by atoms with Gasteiger partial charge in [-0.2, -0.15) is 0 Å². The van der Waals surface area contributed by atoms with E-state index in [1.807, 2.05) is 0 Å². The summed E-state index contributed by atoms with van der Waals surface area (Å²) in [5, 5.41) is 2.33. The van der Waals surface area contributed by atoms with Gasteiger partial charge in [-0.1, -0.05) is 12.8 Å². The average Bonchev–Trinajstić information content (AvgIpc) is 2.89. The molecule has 0 bridgehead atoms. The molecule has 1 saturated carbocycles. The number of amides is 4. The molecule has 1 aliphatic carbocycles. The molecule has 20 heavy (non-hydrogen) atoms. The summed E-state index contributed by atoms with van der Waals surface area (Å²) in [5.74, 6) is -1.38. The maximum atomic E-state index is 12.5. The van der Waals surface area contributed by atoms with Crippen molar-refractivity contribution in [3.05, 3.63) is 0 Å². The Morgan fingerprint density at radius 3 is 2.55 bits per heavy atom. The number of ether oxygens (including phenoxy) is 1. The monoisotopic (exact) mass is 282 g/mol. The van der Waals surface area contributed by atoms with Crippen molar-refractivity contribution in [2.45, 2.75) is 45.1 Å². The van der Waals surface area contributed by atoms with Crippen LogP contribution in [0.5, 0.6) is 0 Å². The summed E-state index contributed by atoms with van der Waals surface area (Å²) < 4.78 is 4.98. The smallest absolute Gasteiger partial charge is 0.331 e. The van der Waals surface area contributed by atoms with Crippen LogP contribution in [0.15, 0.2) is 0 Å². The molecule has 0 aromatic heterocycles. The van der Waals surface area contributed by atoms with E-state index < -0.39 is 17.9 Å². The van der Waals surface area contributed by atoms with E-state index in [9.17, 15) is 14.4 Å². The Kier molecular flexibility index (Phi) is 4.75. The summed E-state index contributed by atoms with van der Waals surface area (Å²) in [4.78, 5) is 37.6. The number of carbonyl (C=O) groups excluding carboxylic acids is 3. The molecule has 0 aromatic carbocycles. The summed E-state index contributed by atoms with van der Waals surface area (Å²) in [7, 11) is 1.58. The first-order valence-corrected chi connectivity index (χ1v) is 7.23. The van der Waals surface area contributed by atoms with Crippen molar-refractivity contribution in [1.82, 2.24) is 10.2 Å². The van der Waals surface area contributed by atoms with Crippen molar-refractivity contribution in [3.63, 3.8) is 0 Å². The van der Waals surface area contributed by atoms with E-state index >= 15 is 0 Å². The van der Waals surface area contributed by atoms with Crippen LogP contribution >= 0.6 is 0 Å².